The quantitative estimate of drug-likeness (QED) is 0.569. The number of rotatable bonds is 3. The van der Waals surface area contributed by atoms with Gasteiger partial charge in [0.05, 0.1) is 11.4 Å². The maximum absolute atomic E-state index is 12.7. The molecule has 0 amide bonds. The van der Waals surface area contributed by atoms with Gasteiger partial charge in [-0.2, -0.15) is 0 Å². The molecule has 0 radical (unpaired) electrons. The fraction of sp³-hybridized carbons (Fsp3) is 0.111. The number of aromatic nitrogens is 2. The van der Waals surface area contributed by atoms with E-state index in [1.165, 1.54) is 9.13 Å². The number of para-hydroxylation sites is 2. The van der Waals surface area contributed by atoms with E-state index in [-0.39, 0.29) is 4.77 Å². The molecule has 0 fully saturated rings. The van der Waals surface area contributed by atoms with Gasteiger partial charge in [0.25, 0.3) is 5.56 Å². The molecule has 1 N–H and O–H groups in total. The normalized spacial score (nSPS) is 10.6. The lowest BCUT2D eigenvalue weighted by Crippen LogP contribution is -2.24. The zero-order valence-electron chi connectivity index (χ0n) is 13.6. The standard InChI is InChI=1S/C18H15N3O3S/c1-11-7-3-5-9-13(11)20-16(22)15(19-24)17(23)21(18(20)25)14-10-6-4-8-12(14)2/h3-10,22H,1-2H3. The summed E-state index contributed by atoms with van der Waals surface area (Å²) in [5.41, 5.74) is 1.38. The highest BCUT2D eigenvalue weighted by Crippen LogP contribution is 2.29. The van der Waals surface area contributed by atoms with Crippen LogP contribution in [-0.2, 0) is 0 Å². The Hall–Kier alpha value is -3.06. The fourth-order valence-corrected chi connectivity index (χ4v) is 3.09. The molecule has 6 nitrogen and oxygen atoms in total. The van der Waals surface area contributed by atoms with Gasteiger partial charge in [-0.05, 0) is 54.5 Å². The van der Waals surface area contributed by atoms with Gasteiger partial charge in [-0.1, -0.05) is 36.4 Å². The molecule has 0 saturated heterocycles. The number of nitroso groups, excluding NO2 is 1. The first-order valence-corrected chi connectivity index (χ1v) is 7.94. The molecule has 7 heteroatoms. The summed E-state index contributed by atoms with van der Waals surface area (Å²) in [6.45, 7) is 3.67. The predicted octanol–water partition coefficient (Wildman–Crippen LogP) is 4.08. The van der Waals surface area contributed by atoms with Gasteiger partial charge in [-0.25, -0.2) is 0 Å². The topological polar surface area (TPSA) is 76.6 Å². The zero-order chi connectivity index (χ0) is 18.1. The summed E-state index contributed by atoms with van der Waals surface area (Å²) in [6, 6.07) is 14.4. The largest absolute Gasteiger partial charge is 0.492 e. The van der Waals surface area contributed by atoms with Crippen molar-refractivity contribution in [2.45, 2.75) is 13.8 Å². The molecule has 1 aromatic heterocycles. The fourth-order valence-electron chi connectivity index (χ4n) is 2.72. The molecule has 0 bridgehead atoms. The van der Waals surface area contributed by atoms with Gasteiger partial charge in [0.2, 0.25) is 11.6 Å². The van der Waals surface area contributed by atoms with Crippen LogP contribution in [-0.4, -0.2) is 14.2 Å². The maximum atomic E-state index is 12.7. The smallest absolute Gasteiger partial charge is 0.292 e. The molecule has 0 unspecified atom stereocenters. The van der Waals surface area contributed by atoms with Crippen LogP contribution in [0.2, 0.25) is 0 Å². The summed E-state index contributed by atoms with van der Waals surface area (Å²) in [5, 5.41) is 13.2. The Morgan fingerprint density at radius 3 is 1.88 bits per heavy atom. The molecule has 25 heavy (non-hydrogen) atoms. The van der Waals surface area contributed by atoms with Crippen LogP contribution >= 0.6 is 12.2 Å². The highest BCUT2D eigenvalue weighted by Gasteiger charge is 2.21. The summed E-state index contributed by atoms with van der Waals surface area (Å²) in [6.07, 6.45) is 0. The van der Waals surface area contributed by atoms with Crippen molar-refractivity contribution in [2.75, 3.05) is 0 Å². The van der Waals surface area contributed by atoms with Gasteiger partial charge in [0.1, 0.15) is 0 Å². The Balaban J connectivity index is 2.51. The first-order valence-electron chi connectivity index (χ1n) is 7.53. The van der Waals surface area contributed by atoms with Crippen LogP contribution < -0.4 is 5.56 Å². The van der Waals surface area contributed by atoms with Gasteiger partial charge >= 0.3 is 0 Å². The number of hydrogen-bond donors (Lipinski definition) is 1. The maximum Gasteiger partial charge on any atom is 0.292 e. The second-order valence-corrected chi connectivity index (χ2v) is 5.96. The lowest BCUT2D eigenvalue weighted by molar-refractivity contribution is 0.433. The van der Waals surface area contributed by atoms with Crippen LogP contribution in [0.5, 0.6) is 5.88 Å². The zero-order valence-corrected chi connectivity index (χ0v) is 14.4. The molecular formula is C18H15N3O3S. The number of hydrogen-bond acceptors (Lipinski definition) is 5. The van der Waals surface area contributed by atoms with Crippen LogP contribution in [0.15, 0.2) is 58.5 Å². The highest BCUT2D eigenvalue weighted by molar-refractivity contribution is 7.71. The minimum atomic E-state index is -0.753. The molecule has 0 atom stereocenters. The Labute approximate surface area is 148 Å². The summed E-state index contributed by atoms with van der Waals surface area (Å²) in [4.78, 5) is 23.9. The van der Waals surface area contributed by atoms with Crippen LogP contribution in [0.3, 0.4) is 0 Å². The van der Waals surface area contributed by atoms with Crippen molar-refractivity contribution in [2.24, 2.45) is 5.18 Å². The minimum absolute atomic E-state index is 0.0542. The minimum Gasteiger partial charge on any atom is -0.492 e. The van der Waals surface area contributed by atoms with Crippen molar-refractivity contribution >= 4 is 17.9 Å². The van der Waals surface area contributed by atoms with Crippen molar-refractivity contribution in [3.05, 3.63) is 79.7 Å². The highest BCUT2D eigenvalue weighted by atomic mass is 32.1. The number of nitrogens with zero attached hydrogens (tertiary/aromatic N) is 3. The second kappa shape index (κ2) is 6.45. The lowest BCUT2D eigenvalue weighted by atomic mass is 10.2. The third-order valence-corrected chi connectivity index (χ3v) is 4.38. The summed E-state index contributed by atoms with van der Waals surface area (Å²) in [5.74, 6) is -0.566. The molecule has 126 valence electrons. The molecule has 0 aliphatic heterocycles. The Kier molecular flexibility index (Phi) is 4.33. The van der Waals surface area contributed by atoms with Crippen LogP contribution in [0.1, 0.15) is 11.1 Å². The SMILES string of the molecule is Cc1ccccc1-n1c(O)c(N=O)c(=O)n(-c2ccccc2C)c1=S. The molecule has 0 spiro atoms. The molecule has 2 aromatic carbocycles. The van der Waals surface area contributed by atoms with Gasteiger partial charge in [-0.3, -0.25) is 13.9 Å². The van der Waals surface area contributed by atoms with Crippen LogP contribution in [0.4, 0.5) is 5.69 Å². The first kappa shape index (κ1) is 16.8. The average molecular weight is 353 g/mol. The van der Waals surface area contributed by atoms with E-state index in [1.807, 2.05) is 38.1 Å². The molecule has 0 saturated carbocycles. The average Bonchev–Trinajstić information content (AvgIpc) is 2.58. The molecular weight excluding hydrogens is 338 g/mol. The van der Waals surface area contributed by atoms with Gasteiger partial charge in [0.15, 0.2) is 4.77 Å². The van der Waals surface area contributed by atoms with E-state index in [0.29, 0.717) is 11.4 Å². The first-order chi connectivity index (χ1) is 12.0. The summed E-state index contributed by atoms with van der Waals surface area (Å²) in [7, 11) is 0. The van der Waals surface area contributed by atoms with Gasteiger partial charge in [0, 0.05) is 0 Å². The van der Waals surface area contributed by atoms with E-state index in [9.17, 15) is 14.8 Å². The van der Waals surface area contributed by atoms with E-state index >= 15 is 0 Å². The Bertz CT molecular complexity index is 1100. The molecule has 3 aromatic rings. The van der Waals surface area contributed by atoms with E-state index in [2.05, 4.69) is 5.18 Å². The van der Waals surface area contributed by atoms with Crippen LogP contribution in [0, 0.1) is 23.5 Å². The molecule has 0 aliphatic rings. The Morgan fingerprint density at radius 2 is 1.40 bits per heavy atom. The van der Waals surface area contributed by atoms with Crippen molar-refractivity contribution in [3.63, 3.8) is 0 Å². The van der Waals surface area contributed by atoms with E-state index in [0.717, 1.165) is 11.1 Å². The van der Waals surface area contributed by atoms with Crippen molar-refractivity contribution < 1.29 is 5.11 Å². The molecule has 0 aliphatic carbocycles. The van der Waals surface area contributed by atoms with Crippen molar-refractivity contribution in [1.29, 1.82) is 0 Å². The molecule has 1 heterocycles. The number of aryl methyl sites for hydroxylation is 2. The van der Waals surface area contributed by atoms with Crippen molar-refractivity contribution in [3.8, 4) is 17.3 Å². The lowest BCUT2D eigenvalue weighted by Gasteiger charge is -2.17. The third kappa shape index (κ3) is 2.68. The van der Waals surface area contributed by atoms with Gasteiger partial charge in [-0.15, -0.1) is 4.91 Å². The second-order valence-electron chi connectivity index (χ2n) is 5.60. The van der Waals surface area contributed by atoms with E-state index in [1.54, 1.807) is 24.3 Å². The van der Waals surface area contributed by atoms with Crippen molar-refractivity contribution in [1.82, 2.24) is 9.13 Å². The van der Waals surface area contributed by atoms with E-state index < -0.39 is 17.1 Å². The third-order valence-electron chi connectivity index (χ3n) is 4.02. The van der Waals surface area contributed by atoms with Crippen LogP contribution in [0.25, 0.3) is 11.4 Å². The Morgan fingerprint density at radius 1 is 0.920 bits per heavy atom. The predicted molar refractivity (Wildman–Crippen MR) is 98.8 cm³/mol. The monoisotopic (exact) mass is 353 g/mol. The van der Waals surface area contributed by atoms with Gasteiger partial charge < -0.3 is 5.11 Å². The van der Waals surface area contributed by atoms with E-state index in [4.69, 9.17) is 12.2 Å². The number of aromatic hydroxyl groups is 1. The summed E-state index contributed by atoms with van der Waals surface area (Å²) < 4.78 is 2.56. The number of benzene rings is 2. The summed E-state index contributed by atoms with van der Waals surface area (Å²) >= 11 is 5.48. The molecule has 3 rings (SSSR count).